The highest BCUT2D eigenvalue weighted by Crippen LogP contribution is 2.37. The number of thiophene rings is 1. The Morgan fingerprint density at radius 2 is 1.81 bits per heavy atom. The lowest BCUT2D eigenvalue weighted by Gasteiger charge is -2.09. The molecule has 2 aromatic carbocycles. The molecule has 0 unspecified atom stereocenters. The molecule has 0 aliphatic heterocycles. The van der Waals surface area contributed by atoms with E-state index in [0.29, 0.717) is 5.02 Å². The van der Waals surface area contributed by atoms with E-state index >= 15 is 0 Å². The van der Waals surface area contributed by atoms with Crippen molar-refractivity contribution in [3.8, 4) is 16.5 Å². The lowest BCUT2D eigenvalue weighted by atomic mass is 10.1. The molecule has 1 N–H and O–H groups in total. The van der Waals surface area contributed by atoms with E-state index in [0.717, 1.165) is 49.5 Å². The number of hydrogen-bond acceptors (Lipinski definition) is 6. The highest BCUT2D eigenvalue weighted by atomic mass is 35.5. The van der Waals surface area contributed by atoms with Gasteiger partial charge in [-0.1, -0.05) is 23.7 Å². The molecule has 4 rings (SSSR count). The van der Waals surface area contributed by atoms with Crippen molar-refractivity contribution in [3.05, 3.63) is 65.3 Å². The molecule has 4 aromatic rings. The van der Waals surface area contributed by atoms with Gasteiger partial charge in [0.25, 0.3) is 0 Å². The maximum Gasteiger partial charge on any atom is 0.143 e. The Kier molecular flexibility index (Phi) is 4.76. The number of nitriles is 1. The summed E-state index contributed by atoms with van der Waals surface area (Å²) in [5.74, 6) is 0.752. The number of halogens is 1. The smallest absolute Gasteiger partial charge is 0.143 e. The molecule has 0 aliphatic carbocycles. The summed E-state index contributed by atoms with van der Waals surface area (Å²) in [4.78, 5) is 10.7. The predicted octanol–water partition coefficient (Wildman–Crippen LogP) is 6.33. The Bertz CT molecular complexity index is 1100. The van der Waals surface area contributed by atoms with E-state index in [2.05, 4.69) is 26.1 Å². The van der Waals surface area contributed by atoms with Gasteiger partial charge in [0.15, 0.2) is 0 Å². The summed E-state index contributed by atoms with van der Waals surface area (Å²) in [6, 6.07) is 15.4. The van der Waals surface area contributed by atoms with Gasteiger partial charge in [-0.2, -0.15) is 5.26 Å². The van der Waals surface area contributed by atoms with Gasteiger partial charge in [0.1, 0.15) is 22.4 Å². The lowest BCUT2D eigenvalue weighted by Crippen LogP contribution is -1.95. The first-order valence-electron chi connectivity index (χ1n) is 7.66. The Morgan fingerprint density at radius 1 is 1.04 bits per heavy atom. The van der Waals surface area contributed by atoms with Gasteiger partial charge < -0.3 is 5.32 Å². The molecule has 7 heteroatoms. The number of aromatic nitrogens is 2. The van der Waals surface area contributed by atoms with Gasteiger partial charge in [-0.15, -0.1) is 11.3 Å². The fraction of sp³-hybridized carbons (Fsp3) is 0. The predicted molar refractivity (Wildman–Crippen MR) is 109 cm³/mol. The second-order valence-electron chi connectivity index (χ2n) is 5.40. The van der Waals surface area contributed by atoms with Crippen molar-refractivity contribution in [2.75, 3.05) is 5.32 Å². The van der Waals surface area contributed by atoms with E-state index in [1.807, 2.05) is 48.5 Å². The summed E-state index contributed by atoms with van der Waals surface area (Å²) in [5, 5.41) is 18.0. The number of hydrogen-bond donors (Lipinski definition) is 1. The highest BCUT2D eigenvalue weighted by Gasteiger charge is 2.13. The van der Waals surface area contributed by atoms with Crippen molar-refractivity contribution in [1.29, 1.82) is 5.26 Å². The largest absolute Gasteiger partial charge is 0.340 e. The molecule has 2 heterocycles. The molecular formula is C19H11ClN4S2. The third kappa shape index (κ3) is 3.37. The third-order valence-corrected chi connectivity index (χ3v) is 5.54. The number of benzene rings is 2. The molecule has 126 valence electrons. The first-order valence-corrected chi connectivity index (χ1v) is 9.73. The summed E-state index contributed by atoms with van der Waals surface area (Å²) in [6.45, 7) is 0. The maximum atomic E-state index is 8.75. The average Bonchev–Trinajstić information content (AvgIpc) is 3.09. The van der Waals surface area contributed by atoms with Crippen LogP contribution < -0.4 is 5.32 Å². The van der Waals surface area contributed by atoms with Crippen LogP contribution in [0.1, 0.15) is 0 Å². The van der Waals surface area contributed by atoms with Gasteiger partial charge in [-0.25, -0.2) is 9.97 Å². The summed E-state index contributed by atoms with van der Waals surface area (Å²) >= 11 is 8.73. The van der Waals surface area contributed by atoms with Crippen molar-refractivity contribution >= 4 is 56.4 Å². The van der Waals surface area contributed by atoms with Crippen LogP contribution in [-0.4, -0.2) is 9.97 Å². The van der Waals surface area contributed by atoms with E-state index in [1.54, 1.807) is 17.7 Å². The first kappa shape index (κ1) is 16.9. The fourth-order valence-corrected chi connectivity index (χ4v) is 4.03. The molecule has 0 bridgehead atoms. The van der Waals surface area contributed by atoms with Crippen LogP contribution in [0.4, 0.5) is 11.5 Å². The zero-order valence-corrected chi connectivity index (χ0v) is 15.7. The summed E-state index contributed by atoms with van der Waals surface area (Å²) < 4.78 is 0. The van der Waals surface area contributed by atoms with Crippen LogP contribution in [0.2, 0.25) is 5.02 Å². The molecule has 0 atom stereocenters. The Hall–Kier alpha value is -2.59. The van der Waals surface area contributed by atoms with Gasteiger partial charge in [0, 0.05) is 26.5 Å². The number of thioether (sulfide) groups is 1. The summed E-state index contributed by atoms with van der Waals surface area (Å²) in [6.07, 6.45) is 1.56. The van der Waals surface area contributed by atoms with Gasteiger partial charge in [0.2, 0.25) is 0 Å². The monoisotopic (exact) mass is 394 g/mol. The second-order valence-corrected chi connectivity index (χ2v) is 7.55. The number of rotatable bonds is 4. The molecular weight excluding hydrogens is 384 g/mol. The molecule has 0 radical (unpaired) electrons. The van der Waals surface area contributed by atoms with E-state index in [-0.39, 0.29) is 0 Å². The Balaban J connectivity index is 1.74. The number of anilines is 2. The molecule has 0 spiro atoms. The molecule has 0 saturated carbocycles. The topological polar surface area (TPSA) is 61.6 Å². The van der Waals surface area contributed by atoms with Crippen molar-refractivity contribution in [2.24, 2.45) is 0 Å². The Labute approximate surface area is 163 Å². The van der Waals surface area contributed by atoms with Crippen LogP contribution in [0, 0.1) is 10.7 Å². The van der Waals surface area contributed by atoms with Gasteiger partial charge in [-0.3, -0.25) is 0 Å². The SMILES string of the molecule is N#CSc1ccc(Nc2ncnc3scc(-c4ccc(Cl)cc4)c23)cc1. The van der Waals surface area contributed by atoms with E-state index in [9.17, 15) is 0 Å². The zero-order valence-electron chi connectivity index (χ0n) is 13.3. The minimum absolute atomic E-state index is 0.707. The lowest BCUT2D eigenvalue weighted by molar-refractivity contribution is 1.23. The first-order chi connectivity index (χ1) is 12.7. The van der Waals surface area contributed by atoms with Gasteiger partial charge >= 0.3 is 0 Å². The number of nitrogens with zero attached hydrogens (tertiary/aromatic N) is 3. The average molecular weight is 395 g/mol. The van der Waals surface area contributed by atoms with Crippen molar-refractivity contribution < 1.29 is 0 Å². The molecule has 0 fully saturated rings. The molecule has 4 nitrogen and oxygen atoms in total. The second kappa shape index (κ2) is 7.34. The van der Waals surface area contributed by atoms with Gasteiger partial charge in [0.05, 0.1) is 5.39 Å². The molecule has 0 aliphatic rings. The quantitative estimate of drug-likeness (QED) is 0.323. The highest BCUT2D eigenvalue weighted by molar-refractivity contribution is 8.03. The van der Waals surface area contributed by atoms with E-state index in [4.69, 9.17) is 16.9 Å². The number of fused-ring (bicyclic) bond motifs is 1. The van der Waals surface area contributed by atoms with Crippen molar-refractivity contribution in [3.63, 3.8) is 0 Å². The van der Waals surface area contributed by atoms with Crippen molar-refractivity contribution in [2.45, 2.75) is 4.90 Å². The van der Waals surface area contributed by atoms with Gasteiger partial charge in [-0.05, 0) is 53.7 Å². The maximum absolute atomic E-state index is 8.75. The van der Waals surface area contributed by atoms with Crippen LogP contribution in [0.15, 0.2) is 65.1 Å². The van der Waals surface area contributed by atoms with Crippen LogP contribution >= 0.6 is 34.7 Å². The molecule has 2 aromatic heterocycles. The van der Waals surface area contributed by atoms with Crippen LogP contribution in [0.25, 0.3) is 21.3 Å². The van der Waals surface area contributed by atoms with E-state index < -0.39 is 0 Å². The minimum atomic E-state index is 0.707. The van der Waals surface area contributed by atoms with Crippen molar-refractivity contribution in [1.82, 2.24) is 9.97 Å². The van der Waals surface area contributed by atoms with Crippen LogP contribution in [-0.2, 0) is 0 Å². The summed E-state index contributed by atoms with van der Waals surface area (Å²) in [7, 11) is 0. The standard InChI is InChI=1S/C19H11ClN4S2/c20-13-3-1-12(2-4-13)16-9-25-19-17(16)18(22-11-23-19)24-14-5-7-15(8-6-14)26-10-21/h1-9,11H,(H,22,23,24). The van der Waals surface area contributed by atoms with Crippen LogP contribution in [0.3, 0.4) is 0 Å². The minimum Gasteiger partial charge on any atom is -0.340 e. The number of thiocyanates is 1. The molecule has 0 saturated heterocycles. The molecule has 0 amide bonds. The zero-order chi connectivity index (χ0) is 17.9. The van der Waals surface area contributed by atoms with E-state index in [1.165, 1.54) is 0 Å². The van der Waals surface area contributed by atoms with Crippen LogP contribution in [0.5, 0.6) is 0 Å². The normalized spacial score (nSPS) is 10.6. The fourth-order valence-electron chi connectivity index (χ4n) is 2.61. The molecule has 26 heavy (non-hydrogen) atoms. The number of nitrogens with one attached hydrogen (secondary N) is 1. The third-order valence-electron chi connectivity index (χ3n) is 3.81. The Morgan fingerprint density at radius 3 is 2.54 bits per heavy atom. The summed E-state index contributed by atoms with van der Waals surface area (Å²) in [5.41, 5.74) is 3.04.